The first kappa shape index (κ1) is 16.9. The molecule has 3 rings (SSSR count). The number of nitrogens with one attached hydrogen (secondary N) is 1. The van der Waals surface area contributed by atoms with Crippen molar-refractivity contribution in [3.8, 4) is 0 Å². The summed E-state index contributed by atoms with van der Waals surface area (Å²) in [5.41, 5.74) is 1.03. The van der Waals surface area contributed by atoms with Crippen LogP contribution in [0.25, 0.3) is 0 Å². The van der Waals surface area contributed by atoms with Crippen molar-refractivity contribution in [3.63, 3.8) is 0 Å². The molecule has 1 aromatic carbocycles. The minimum atomic E-state index is -0.214. The van der Waals surface area contributed by atoms with Crippen LogP contribution in [-0.4, -0.2) is 43.5 Å². The van der Waals surface area contributed by atoms with E-state index in [-0.39, 0.29) is 17.8 Å². The summed E-state index contributed by atoms with van der Waals surface area (Å²) in [6.45, 7) is 5.79. The average molecular weight is 347 g/mol. The van der Waals surface area contributed by atoms with Gasteiger partial charge in [0.1, 0.15) is 5.82 Å². The lowest BCUT2D eigenvalue weighted by Crippen LogP contribution is -2.49. The molecule has 1 N–H and O–H groups in total. The maximum atomic E-state index is 13.0. The fraction of sp³-hybridized carbons (Fsp3) is 0.389. The zero-order valence-electron chi connectivity index (χ0n) is 13.7. The van der Waals surface area contributed by atoms with Crippen LogP contribution in [0.15, 0.2) is 41.8 Å². The van der Waals surface area contributed by atoms with E-state index >= 15 is 0 Å². The summed E-state index contributed by atoms with van der Waals surface area (Å²) < 4.78 is 13.0. The first-order chi connectivity index (χ1) is 11.6. The number of amides is 1. The maximum absolute atomic E-state index is 13.0. The Kier molecular flexibility index (Phi) is 5.48. The molecule has 0 saturated carbocycles. The van der Waals surface area contributed by atoms with Gasteiger partial charge in [-0.1, -0.05) is 6.07 Å². The number of halogens is 1. The number of thiophene rings is 1. The first-order valence-electron chi connectivity index (χ1n) is 8.17. The summed E-state index contributed by atoms with van der Waals surface area (Å²) in [5.74, 6) is -0.153. The Morgan fingerprint density at radius 3 is 2.54 bits per heavy atom. The van der Waals surface area contributed by atoms with Crippen LogP contribution in [0.5, 0.6) is 0 Å². The van der Waals surface area contributed by atoms with Crippen molar-refractivity contribution < 1.29 is 9.18 Å². The van der Waals surface area contributed by atoms with Gasteiger partial charge < -0.3 is 10.2 Å². The van der Waals surface area contributed by atoms with Crippen LogP contribution >= 0.6 is 11.3 Å². The topological polar surface area (TPSA) is 35.6 Å². The van der Waals surface area contributed by atoms with Crippen molar-refractivity contribution in [1.82, 2.24) is 10.2 Å². The third-order valence-corrected chi connectivity index (χ3v) is 5.33. The summed E-state index contributed by atoms with van der Waals surface area (Å²) in [7, 11) is 0. The summed E-state index contributed by atoms with van der Waals surface area (Å²) in [6, 6.07) is 10.7. The lowest BCUT2D eigenvalue weighted by Gasteiger charge is -2.35. The van der Waals surface area contributed by atoms with E-state index in [1.54, 1.807) is 23.5 Å². The molecule has 1 saturated heterocycles. The Hall–Kier alpha value is -1.92. The Morgan fingerprint density at radius 2 is 1.92 bits per heavy atom. The fourth-order valence-corrected chi connectivity index (χ4v) is 3.65. The molecule has 0 unspecified atom stereocenters. The second kappa shape index (κ2) is 7.77. The molecule has 1 atom stereocenters. The van der Waals surface area contributed by atoms with Gasteiger partial charge in [-0.25, -0.2) is 4.39 Å². The normalized spacial score (nSPS) is 16.8. The number of hydrogen-bond acceptors (Lipinski definition) is 4. The van der Waals surface area contributed by atoms with Gasteiger partial charge in [-0.15, -0.1) is 11.3 Å². The van der Waals surface area contributed by atoms with Crippen LogP contribution in [0.3, 0.4) is 0 Å². The van der Waals surface area contributed by atoms with E-state index in [0.717, 1.165) is 31.9 Å². The van der Waals surface area contributed by atoms with Crippen molar-refractivity contribution in [2.24, 2.45) is 0 Å². The highest BCUT2D eigenvalue weighted by Gasteiger charge is 2.20. The molecular formula is C18H22FN3OS. The molecule has 6 heteroatoms. The van der Waals surface area contributed by atoms with Crippen molar-refractivity contribution in [2.75, 3.05) is 37.6 Å². The van der Waals surface area contributed by atoms with Crippen molar-refractivity contribution in [1.29, 1.82) is 0 Å². The zero-order valence-corrected chi connectivity index (χ0v) is 14.6. The molecule has 0 bridgehead atoms. The molecule has 1 fully saturated rings. The standard InChI is InChI=1S/C18H22FN3OS/c1-14(17-3-2-12-24-17)20-18(23)13-21-8-10-22(11-9-21)16-6-4-15(19)5-7-16/h2-7,12,14H,8-11,13H2,1H3,(H,20,23)/t14-/m1/s1. The van der Waals surface area contributed by atoms with E-state index in [0.29, 0.717) is 6.54 Å². The second-order valence-electron chi connectivity index (χ2n) is 6.04. The zero-order chi connectivity index (χ0) is 16.9. The van der Waals surface area contributed by atoms with E-state index in [4.69, 9.17) is 0 Å². The Balaban J connectivity index is 1.45. The fourth-order valence-electron chi connectivity index (χ4n) is 2.92. The van der Waals surface area contributed by atoms with Gasteiger partial charge in [0.25, 0.3) is 0 Å². The Morgan fingerprint density at radius 1 is 1.21 bits per heavy atom. The number of carbonyl (C=O) groups excluding carboxylic acids is 1. The van der Waals surface area contributed by atoms with Crippen LogP contribution in [0.4, 0.5) is 10.1 Å². The summed E-state index contributed by atoms with van der Waals surface area (Å²) in [6.07, 6.45) is 0. The molecule has 4 nitrogen and oxygen atoms in total. The molecule has 2 aromatic rings. The number of anilines is 1. The minimum Gasteiger partial charge on any atom is -0.369 e. The van der Waals surface area contributed by atoms with Gasteiger partial charge in [-0.05, 0) is 42.6 Å². The quantitative estimate of drug-likeness (QED) is 0.903. The first-order valence-corrected chi connectivity index (χ1v) is 9.05. The van der Waals surface area contributed by atoms with Crippen molar-refractivity contribution in [2.45, 2.75) is 13.0 Å². The highest BCUT2D eigenvalue weighted by Crippen LogP contribution is 2.19. The van der Waals surface area contributed by atoms with Crippen LogP contribution in [0, 0.1) is 5.82 Å². The van der Waals surface area contributed by atoms with Crippen LogP contribution in [0.2, 0.25) is 0 Å². The number of piperazine rings is 1. The molecular weight excluding hydrogens is 325 g/mol. The number of nitrogens with zero attached hydrogens (tertiary/aromatic N) is 2. The van der Waals surface area contributed by atoms with Gasteiger partial charge in [0.05, 0.1) is 12.6 Å². The third kappa shape index (κ3) is 4.33. The van der Waals surface area contributed by atoms with Gasteiger partial charge in [0.2, 0.25) is 5.91 Å². The lowest BCUT2D eigenvalue weighted by molar-refractivity contribution is -0.122. The third-order valence-electron chi connectivity index (χ3n) is 4.28. The smallest absolute Gasteiger partial charge is 0.234 e. The number of carbonyl (C=O) groups is 1. The van der Waals surface area contributed by atoms with Crippen LogP contribution in [0.1, 0.15) is 17.8 Å². The molecule has 1 aromatic heterocycles. The highest BCUT2D eigenvalue weighted by molar-refractivity contribution is 7.10. The van der Waals surface area contributed by atoms with E-state index in [2.05, 4.69) is 15.1 Å². The van der Waals surface area contributed by atoms with Crippen LogP contribution < -0.4 is 10.2 Å². The Labute approximate surface area is 145 Å². The van der Waals surface area contributed by atoms with E-state index in [9.17, 15) is 9.18 Å². The Bertz CT molecular complexity index is 651. The summed E-state index contributed by atoms with van der Waals surface area (Å²) in [5, 5.41) is 5.07. The molecule has 1 aliphatic rings. The largest absolute Gasteiger partial charge is 0.369 e. The SMILES string of the molecule is C[C@@H](NC(=O)CN1CCN(c2ccc(F)cc2)CC1)c1cccs1. The van der Waals surface area contributed by atoms with Gasteiger partial charge in [0.15, 0.2) is 0 Å². The molecule has 2 heterocycles. The molecule has 1 amide bonds. The molecule has 1 aliphatic heterocycles. The average Bonchev–Trinajstić information content (AvgIpc) is 3.11. The van der Waals surface area contributed by atoms with Gasteiger partial charge in [-0.3, -0.25) is 9.69 Å². The van der Waals surface area contributed by atoms with Gasteiger partial charge in [0, 0.05) is 36.7 Å². The molecule has 0 spiro atoms. The van der Waals surface area contributed by atoms with E-state index in [1.807, 2.05) is 24.4 Å². The number of hydrogen-bond donors (Lipinski definition) is 1. The monoisotopic (exact) mass is 347 g/mol. The molecule has 0 aliphatic carbocycles. The van der Waals surface area contributed by atoms with Gasteiger partial charge in [-0.2, -0.15) is 0 Å². The van der Waals surface area contributed by atoms with Crippen molar-refractivity contribution in [3.05, 3.63) is 52.5 Å². The number of benzene rings is 1. The summed E-state index contributed by atoms with van der Waals surface area (Å²) >= 11 is 1.66. The lowest BCUT2D eigenvalue weighted by atomic mass is 10.2. The van der Waals surface area contributed by atoms with Gasteiger partial charge >= 0.3 is 0 Å². The predicted molar refractivity (Wildman–Crippen MR) is 95.9 cm³/mol. The molecule has 128 valence electrons. The molecule has 0 radical (unpaired) electrons. The highest BCUT2D eigenvalue weighted by atomic mass is 32.1. The van der Waals surface area contributed by atoms with E-state index < -0.39 is 0 Å². The van der Waals surface area contributed by atoms with E-state index in [1.165, 1.54) is 17.0 Å². The maximum Gasteiger partial charge on any atom is 0.234 e. The number of rotatable bonds is 5. The van der Waals surface area contributed by atoms with Crippen molar-refractivity contribution >= 4 is 22.9 Å². The minimum absolute atomic E-state index is 0.0537. The summed E-state index contributed by atoms with van der Waals surface area (Å²) in [4.78, 5) is 17.8. The second-order valence-corrected chi connectivity index (χ2v) is 7.02. The molecule has 24 heavy (non-hydrogen) atoms. The predicted octanol–water partition coefficient (Wildman–Crippen LogP) is 2.89. The van der Waals surface area contributed by atoms with Crippen LogP contribution in [-0.2, 0) is 4.79 Å².